The normalized spacial score (nSPS) is 13.0. The molecule has 2 heterocycles. The van der Waals surface area contributed by atoms with Crippen molar-refractivity contribution in [2.24, 2.45) is 5.92 Å². The van der Waals surface area contributed by atoms with E-state index in [1.54, 1.807) is 25.6 Å². The molecule has 2 atom stereocenters. The second-order valence-corrected chi connectivity index (χ2v) is 8.85. The van der Waals surface area contributed by atoms with Crippen molar-refractivity contribution in [1.29, 1.82) is 0 Å². The number of ether oxygens (including phenoxy) is 2. The van der Waals surface area contributed by atoms with Crippen molar-refractivity contribution in [2.75, 3.05) is 14.2 Å². The van der Waals surface area contributed by atoms with Gasteiger partial charge in [0.25, 0.3) is 0 Å². The van der Waals surface area contributed by atoms with Crippen molar-refractivity contribution in [3.05, 3.63) is 69.7 Å². The van der Waals surface area contributed by atoms with Crippen LogP contribution in [0.1, 0.15) is 41.2 Å². The summed E-state index contributed by atoms with van der Waals surface area (Å²) in [5.74, 6) is 0.449. The molecule has 3 aromatic rings. The third-order valence-electron chi connectivity index (χ3n) is 5.80. The number of aliphatic hydroxyl groups excluding tert-OH is 1. The van der Waals surface area contributed by atoms with Gasteiger partial charge in [0.05, 0.1) is 26.7 Å². The fourth-order valence-corrected chi connectivity index (χ4v) is 4.76. The van der Waals surface area contributed by atoms with Crippen molar-refractivity contribution in [3.8, 4) is 11.5 Å². The molecule has 0 aliphatic carbocycles. The summed E-state index contributed by atoms with van der Waals surface area (Å²) in [7, 11) is 3.22. The number of methoxy groups -OCH3 is 2. The largest absolute Gasteiger partial charge is 0.496 e. The summed E-state index contributed by atoms with van der Waals surface area (Å²) in [5, 5.41) is 24.7. The number of carbonyl (C=O) groups is 1. The Morgan fingerprint density at radius 1 is 1.16 bits per heavy atom. The predicted molar refractivity (Wildman–Crippen MR) is 126 cm³/mol. The summed E-state index contributed by atoms with van der Waals surface area (Å²) in [6, 6.07) is 7.70. The number of benzene rings is 1. The Balaban J connectivity index is 1.81. The van der Waals surface area contributed by atoms with Crippen molar-refractivity contribution >= 4 is 17.3 Å². The van der Waals surface area contributed by atoms with E-state index in [2.05, 4.69) is 16.8 Å². The van der Waals surface area contributed by atoms with Gasteiger partial charge < -0.3 is 24.3 Å². The lowest BCUT2D eigenvalue weighted by Crippen LogP contribution is -2.19. The van der Waals surface area contributed by atoms with E-state index in [0.29, 0.717) is 18.0 Å². The summed E-state index contributed by atoms with van der Waals surface area (Å²) in [4.78, 5) is 11.0. The third kappa shape index (κ3) is 6.14. The van der Waals surface area contributed by atoms with Crippen LogP contribution in [0.15, 0.2) is 47.4 Å². The lowest BCUT2D eigenvalue weighted by molar-refractivity contribution is -0.136. The Labute approximate surface area is 193 Å². The molecule has 172 valence electrons. The Morgan fingerprint density at radius 2 is 1.88 bits per heavy atom. The summed E-state index contributed by atoms with van der Waals surface area (Å²) >= 11 is 1.69. The second-order valence-electron chi connectivity index (χ2n) is 8.07. The Morgan fingerprint density at radius 3 is 2.47 bits per heavy atom. The van der Waals surface area contributed by atoms with Gasteiger partial charge in [0.2, 0.25) is 0 Å². The van der Waals surface area contributed by atoms with Crippen LogP contribution in [0, 0.1) is 12.8 Å². The molecular formula is C25H31NO5S. The molecule has 0 fully saturated rings. The molecule has 1 aromatic carbocycles. The van der Waals surface area contributed by atoms with Crippen LogP contribution in [-0.4, -0.2) is 35.0 Å². The van der Waals surface area contributed by atoms with Crippen LogP contribution >= 0.6 is 11.3 Å². The Kier molecular flexibility index (Phi) is 8.36. The number of carboxylic acids is 1. The van der Waals surface area contributed by atoms with Crippen LogP contribution in [0.4, 0.5) is 0 Å². The highest BCUT2D eigenvalue weighted by molar-refractivity contribution is 7.07. The third-order valence-corrected chi connectivity index (χ3v) is 6.53. The molecule has 2 aromatic heterocycles. The van der Waals surface area contributed by atoms with E-state index in [1.807, 2.05) is 42.1 Å². The van der Waals surface area contributed by atoms with Gasteiger partial charge in [-0.3, -0.25) is 4.79 Å². The molecule has 0 unspecified atom stereocenters. The molecule has 0 bridgehead atoms. The molecule has 0 aliphatic rings. The fourth-order valence-electron chi connectivity index (χ4n) is 4.06. The molecule has 0 saturated carbocycles. The maximum Gasteiger partial charge on any atom is 0.307 e. The monoisotopic (exact) mass is 457 g/mol. The Bertz CT molecular complexity index is 986. The van der Waals surface area contributed by atoms with Crippen molar-refractivity contribution < 1.29 is 24.5 Å². The van der Waals surface area contributed by atoms with Crippen molar-refractivity contribution in [1.82, 2.24) is 4.57 Å². The number of aromatic nitrogens is 1. The first-order chi connectivity index (χ1) is 15.4. The topological polar surface area (TPSA) is 80.9 Å². The standard InChI is InChI=1S/C25H31NO5S/c1-17-22(30-2)12-21(13-23(17)31-3)25(29)20(6-4-5-18-8-10-32-16-18)15-26-9-7-19(14-26)11-24(27)28/h7-10,12-14,16,20,25,29H,4-6,11,15H2,1-3H3,(H,27,28)/t20-,25-/m0/s1. The van der Waals surface area contributed by atoms with E-state index in [-0.39, 0.29) is 12.3 Å². The minimum absolute atomic E-state index is 0.00919. The first kappa shape index (κ1) is 23.9. The molecule has 6 nitrogen and oxygen atoms in total. The van der Waals surface area contributed by atoms with E-state index >= 15 is 0 Å². The Hall–Kier alpha value is -2.77. The zero-order valence-corrected chi connectivity index (χ0v) is 19.6. The van der Waals surface area contributed by atoms with Crippen molar-refractivity contribution in [2.45, 2.75) is 45.3 Å². The minimum Gasteiger partial charge on any atom is -0.496 e. The highest BCUT2D eigenvalue weighted by Crippen LogP contribution is 2.36. The smallest absolute Gasteiger partial charge is 0.307 e. The SMILES string of the molecule is COc1cc([C@@H](O)[C@@H](CCCc2ccsc2)Cn2ccc(CC(=O)O)c2)cc(OC)c1C. The number of rotatable bonds is 12. The number of aliphatic hydroxyl groups is 1. The van der Waals surface area contributed by atoms with Gasteiger partial charge in [0, 0.05) is 30.4 Å². The molecule has 0 spiro atoms. The van der Waals surface area contributed by atoms with Crippen LogP contribution in [0.5, 0.6) is 11.5 Å². The number of nitrogens with zero attached hydrogens (tertiary/aromatic N) is 1. The summed E-state index contributed by atoms with van der Waals surface area (Å²) in [6.45, 7) is 2.51. The highest BCUT2D eigenvalue weighted by Gasteiger charge is 2.24. The maximum absolute atomic E-state index is 11.4. The van der Waals surface area contributed by atoms with E-state index < -0.39 is 12.1 Å². The quantitative estimate of drug-likeness (QED) is 0.405. The van der Waals surface area contributed by atoms with E-state index in [9.17, 15) is 9.90 Å². The lowest BCUT2D eigenvalue weighted by atomic mass is 9.89. The number of aliphatic carboxylic acids is 1. The molecule has 7 heteroatoms. The van der Waals surface area contributed by atoms with Gasteiger partial charge in [-0.05, 0) is 77.9 Å². The summed E-state index contributed by atoms with van der Waals surface area (Å²) in [5.41, 5.74) is 3.71. The number of aryl methyl sites for hydroxylation is 1. The van der Waals surface area contributed by atoms with Gasteiger partial charge >= 0.3 is 5.97 Å². The van der Waals surface area contributed by atoms with Crippen molar-refractivity contribution in [3.63, 3.8) is 0 Å². The van der Waals surface area contributed by atoms with Gasteiger partial charge in [-0.25, -0.2) is 0 Å². The number of hydrogen-bond acceptors (Lipinski definition) is 5. The molecule has 0 radical (unpaired) electrons. The number of hydrogen-bond donors (Lipinski definition) is 2. The van der Waals surface area contributed by atoms with Crippen LogP contribution in [-0.2, 0) is 24.2 Å². The van der Waals surface area contributed by atoms with E-state index in [1.165, 1.54) is 5.56 Å². The lowest BCUT2D eigenvalue weighted by Gasteiger charge is -2.25. The number of carboxylic acid groups (broad SMARTS) is 1. The molecule has 0 aliphatic heterocycles. The summed E-state index contributed by atoms with van der Waals surface area (Å²) < 4.78 is 13.0. The first-order valence-electron chi connectivity index (χ1n) is 10.7. The van der Waals surface area contributed by atoms with Crippen LogP contribution in [0.25, 0.3) is 0 Å². The molecular weight excluding hydrogens is 426 g/mol. The molecule has 3 rings (SSSR count). The first-order valence-corrected chi connectivity index (χ1v) is 11.6. The fraction of sp³-hybridized carbons (Fsp3) is 0.400. The van der Waals surface area contributed by atoms with E-state index in [0.717, 1.165) is 36.0 Å². The van der Waals surface area contributed by atoms with Crippen LogP contribution in [0.3, 0.4) is 0 Å². The maximum atomic E-state index is 11.4. The average Bonchev–Trinajstić information content (AvgIpc) is 3.44. The van der Waals surface area contributed by atoms with Gasteiger partial charge in [-0.15, -0.1) is 0 Å². The van der Waals surface area contributed by atoms with E-state index in [4.69, 9.17) is 14.6 Å². The van der Waals surface area contributed by atoms with Crippen LogP contribution in [0.2, 0.25) is 0 Å². The zero-order valence-electron chi connectivity index (χ0n) is 18.8. The molecule has 2 N–H and O–H groups in total. The zero-order chi connectivity index (χ0) is 23.1. The van der Waals surface area contributed by atoms with Gasteiger partial charge in [0.1, 0.15) is 11.5 Å². The van der Waals surface area contributed by atoms with Gasteiger partial charge in [0.15, 0.2) is 0 Å². The summed E-state index contributed by atoms with van der Waals surface area (Å²) in [6.07, 6.45) is 5.74. The predicted octanol–water partition coefficient (Wildman–Crippen LogP) is 4.88. The van der Waals surface area contributed by atoms with Gasteiger partial charge in [-0.1, -0.05) is 0 Å². The number of thiophene rings is 1. The average molecular weight is 458 g/mol. The second kappa shape index (κ2) is 11.2. The van der Waals surface area contributed by atoms with Crippen LogP contribution < -0.4 is 9.47 Å². The highest BCUT2D eigenvalue weighted by atomic mass is 32.1. The molecule has 32 heavy (non-hydrogen) atoms. The minimum atomic E-state index is -0.853. The molecule has 0 saturated heterocycles. The van der Waals surface area contributed by atoms with Gasteiger partial charge in [-0.2, -0.15) is 11.3 Å². The molecule has 0 amide bonds.